The third kappa shape index (κ3) is 4.31. The van der Waals surface area contributed by atoms with Crippen molar-refractivity contribution >= 4 is 47.8 Å². The van der Waals surface area contributed by atoms with Gasteiger partial charge in [-0.2, -0.15) is 0 Å². The van der Waals surface area contributed by atoms with Crippen molar-refractivity contribution in [1.29, 1.82) is 0 Å². The fourth-order valence-corrected chi connectivity index (χ4v) is 3.71. The highest BCUT2D eigenvalue weighted by Crippen LogP contribution is 2.31. The Morgan fingerprint density at radius 2 is 1.81 bits per heavy atom. The molecule has 0 aromatic heterocycles. The fourth-order valence-electron chi connectivity index (χ4n) is 2.22. The quantitative estimate of drug-likeness (QED) is 0.615. The normalized spacial score (nSPS) is 12.2. The minimum absolute atomic E-state index is 0.233. The molecule has 5 heteroatoms. The van der Waals surface area contributed by atoms with Crippen LogP contribution in [0, 0.1) is 0 Å². The summed E-state index contributed by atoms with van der Waals surface area (Å²) in [5.41, 5.74) is 2.48. The lowest BCUT2D eigenvalue weighted by Crippen LogP contribution is -2.19. The molecule has 0 aliphatic carbocycles. The number of methoxy groups -OCH3 is 1. The summed E-state index contributed by atoms with van der Waals surface area (Å²) in [6.07, 6.45) is 0.897. The lowest BCUT2D eigenvalue weighted by Gasteiger charge is -2.19. The highest BCUT2D eigenvalue weighted by molar-refractivity contribution is 9.11. The SMILES string of the molecule is CNC(Cc1ccc(OC)c(Br)c1)c1cc(Br)ccc1Br. The van der Waals surface area contributed by atoms with Gasteiger partial charge in [0.15, 0.2) is 0 Å². The summed E-state index contributed by atoms with van der Waals surface area (Å²) in [4.78, 5) is 0. The van der Waals surface area contributed by atoms with Crippen LogP contribution in [0.1, 0.15) is 17.2 Å². The molecule has 0 fully saturated rings. The number of rotatable bonds is 5. The van der Waals surface area contributed by atoms with Crippen LogP contribution in [0.3, 0.4) is 0 Å². The minimum Gasteiger partial charge on any atom is -0.496 e. The number of hydrogen-bond acceptors (Lipinski definition) is 2. The topological polar surface area (TPSA) is 21.3 Å². The summed E-state index contributed by atoms with van der Waals surface area (Å²) in [6.45, 7) is 0. The van der Waals surface area contributed by atoms with Crippen LogP contribution in [0.2, 0.25) is 0 Å². The molecule has 0 saturated carbocycles. The molecule has 2 aromatic rings. The van der Waals surface area contributed by atoms with Crippen LogP contribution < -0.4 is 10.1 Å². The van der Waals surface area contributed by atoms with Crippen molar-refractivity contribution in [3.05, 3.63) is 60.9 Å². The first-order valence-electron chi connectivity index (χ1n) is 6.49. The molecule has 1 atom stereocenters. The van der Waals surface area contributed by atoms with Crippen molar-refractivity contribution in [3.63, 3.8) is 0 Å². The van der Waals surface area contributed by atoms with Crippen LogP contribution in [0.15, 0.2) is 49.8 Å². The molecule has 1 unspecified atom stereocenters. The first-order valence-corrected chi connectivity index (χ1v) is 8.87. The summed E-state index contributed by atoms with van der Waals surface area (Å²) in [6, 6.07) is 12.7. The van der Waals surface area contributed by atoms with Crippen molar-refractivity contribution in [3.8, 4) is 5.75 Å². The highest BCUT2D eigenvalue weighted by Gasteiger charge is 2.14. The van der Waals surface area contributed by atoms with Crippen LogP contribution in [-0.4, -0.2) is 14.2 Å². The van der Waals surface area contributed by atoms with E-state index in [1.165, 1.54) is 11.1 Å². The summed E-state index contributed by atoms with van der Waals surface area (Å²) in [5.74, 6) is 0.850. The van der Waals surface area contributed by atoms with E-state index in [9.17, 15) is 0 Å². The number of hydrogen-bond donors (Lipinski definition) is 1. The Morgan fingerprint density at radius 1 is 1.05 bits per heavy atom. The van der Waals surface area contributed by atoms with Gasteiger partial charge in [-0.05, 0) is 70.9 Å². The van der Waals surface area contributed by atoms with E-state index in [1.807, 2.05) is 19.2 Å². The largest absolute Gasteiger partial charge is 0.496 e. The van der Waals surface area contributed by atoms with E-state index in [-0.39, 0.29) is 6.04 Å². The van der Waals surface area contributed by atoms with Gasteiger partial charge in [-0.3, -0.25) is 0 Å². The molecule has 2 rings (SSSR count). The Morgan fingerprint density at radius 3 is 2.43 bits per heavy atom. The first-order chi connectivity index (χ1) is 10.0. The van der Waals surface area contributed by atoms with Crippen LogP contribution >= 0.6 is 47.8 Å². The van der Waals surface area contributed by atoms with Gasteiger partial charge in [-0.25, -0.2) is 0 Å². The number of benzene rings is 2. The number of halogens is 3. The van der Waals surface area contributed by atoms with Crippen LogP contribution in [0.4, 0.5) is 0 Å². The maximum Gasteiger partial charge on any atom is 0.133 e. The zero-order valence-corrected chi connectivity index (χ0v) is 16.5. The molecule has 0 aliphatic heterocycles. The second-order valence-corrected chi connectivity index (χ2v) is 7.30. The molecule has 0 aliphatic rings. The van der Waals surface area contributed by atoms with Gasteiger partial charge in [-0.1, -0.05) is 37.9 Å². The van der Waals surface area contributed by atoms with Gasteiger partial charge in [0, 0.05) is 15.0 Å². The molecule has 21 heavy (non-hydrogen) atoms. The molecule has 0 heterocycles. The molecule has 0 radical (unpaired) electrons. The molecule has 2 aromatic carbocycles. The van der Waals surface area contributed by atoms with Crippen molar-refractivity contribution in [2.45, 2.75) is 12.5 Å². The number of nitrogens with one attached hydrogen (secondary N) is 1. The van der Waals surface area contributed by atoms with Gasteiger partial charge in [0.25, 0.3) is 0 Å². The van der Waals surface area contributed by atoms with Crippen LogP contribution in [-0.2, 0) is 6.42 Å². The zero-order chi connectivity index (χ0) is 15.4. The van der Waals surface area contributed by atoms with Crippen molar-refractivity contribution < 1.29 is 4.74 Å². The molecule has 112 valence electrons. The van der Waals surface area contributed by atoms with Gasteiger partial charge >= 0.3 is 0 Å². The standard InChI is InChI=1S/C16H16Br3NO/c1-20-15(12-9-11(17)4-5-13(12)18)8-10-3-6-16(21-2)14(19)7-10/h3-7,9,15,20H,8H2,1-2H3. The summed E-state index contributed by atoms with van der Waals surface area (Å²) in [7, 11) is 3.66. The van der Waals surface area contributed by atoms with E-state index >= 15 is 0 Å². The zero-order valence-electron chi connectivity index (χ0n) is 11.8. The maximum absolute atomic E-state index is 5.27. The fraction of sp³-hybridized carbons (Fsp3) is 0.250. The number of ether oxygens (including phenoxy) is 1. The Kier molecular flexibility index (Phi) is 6.29. The van der Waals surface area contributed by atoms with Gasteiger partial charge in [0.2, 0.25) is 0 Å². The Hall–Kier alpha value is -0.360. The Balaban J connectivity index is 2.26. The third-order valence-corrected chi connectivity index (χ3v) is 5.17. The second-order valence-electron chi connectivity index (χ2n) is 4.68. The minimum atomic E-state index is 0.233. The van der Waals surface area contributed by atoms with Crippen molar-refractivity contribution in [1.82, 2.24) is 5.32 Å². The summed E-state index contributed by atoms with van der Waals surface area (Å²) in [5, 5.41) is 3.39. The van der Waals surface area contributed by atoms with E-state index < -0.39 is 0 Å². The molecule has 0 amide bonds. The summed E-state index contributed by atoms with van der Waals surface area (Å²) < 4.78 is 8.44. The monoisotopic (exact) mass is 475 g/mol. The van der Waals surface area contributed by atoms with E-state index in [0.29, 0.717) is 0 Å². The number of likely N-dealkylation sites (N-methyl/N-ethyl adjacent to an activating group) is 1. The molecule has 1 N–H and O–H groups in total. The van der Waals surface area contributed by atoms with E-state index in [1.54, 1.807) is 7.11 Å². The smallest absolute Gasteiger partial charge is 0.133 e. The Bertz CT molecular complexity index is 631. The van der Waals surface area contributed by atoms with Gasteiger partial charge < -0.3 is 10.1 Å². The predicted octanol–water partition coefficient (Wildman–Crippen LogP) is 5.49. The van der Waals surface area contributed by atoms with Crippen molar-refractivity contribution in [2.75, 3.05) is 14.2 Å². The van der Waals surface area contributed by atoms with Crippen LogP contribution in [0.5, 0.6) is 5.75 Å². The van der Waals surface area contributed by atoms with E-state index in [4.69, 9.17) is 4.74 Å². The Labute approximate surface area is 150 Å². The van der Waals surface area contributed by atoms with E-state index in [2.05, 4.69) is 77.4 Å². The molecule has 0 saturated heterocycles. The average molecular weight is 478 g/mol. The predicted molar refractivity (Wildman–Crippen MR) is 98.0 cm³/mol. The average Bonchev–Trinajstić information content (AvgIpc) is 2.47. The molecule has 0 bridgehead atoms. The maximum atomic E-state index is 5.27. The van der Waals surface area contributed by atoms with Gasteiger partial charge in [0.05, 0.1) is 11.6 Å². The van der Waals surface area contributed by atoms with Gasteiger partial charge in [0.1, 0.15) is 5.75 Å². The molecule has 0 spiro atoms. The summed E-state index contributed by atoms with van der Waals surface area (Å²) >= 11 is 10.7. The molecular formula is C16H16Br3NO. The molecule has 2 nitrogen and oxygen atoms in total. The van der Waals surface area contributed by atoms with Gasteiger partial charge in [-0.15, -0.1) is 0 Å². The van der Waals surface area contributed by atoms with Crippen molar-refractivity contribution in [2.24, 2.45) is 0 Å². The van der Waals surface area contributed by atoms with Crippen LogP contribution in [0.25, 0.3) is 0 Å². The van der Waals surface area contributed by atoms with E-state index in [0.717, 1.165) is 25.6 Å². The first kappa shape index (κ1) is 17.0. The second kappa shape index (κ2) is 7.77. The third-order valence-electron chi connectivity index (χ3n) is 3.34. The highest BCUT2D eigenvalue weighted by atomic mass is 79.9. The lowest BCUT2D eigenvalue weighted by molar-refractivity contribution is 0.412. The molecular weight excluding hydrogens is 462 g/mol. The lowest BCUT2D eigenvalue weighted by atomic mass is 9.99.